The van der Waals surface area contributed by atoms with Gasteiger partial charge in [0.1, 0.15) is 17.5 Å². The molecule has 0 saturated carbocycles. The summed E-state index contributed by atoms with van der Waals surface area (Å²) in [6.45, 7) is 1.71. The highest BCUT2D eigenvalue weighted by molar-refractivity contribution is 5.96. The van der Waals surface area contributed by atoms with E-state index < -0.39 is 11.0 Å². The first kappa shape index (κ1) is 20.4. The van der Waals surface area contributed by atoms with Gasteiger partial charge in [0.2, 0.25) is 5.91 Å². The van der Waals surface area contributed by atoms with Gasteiger partial charge in [0.15, 0.2) is 0 Å². The van der Waals surface area contributed by atoms with Gasteiger partial charge in [0, 0.05) is 23.5 Å². The van der Waals surface area contributed by atoms with Crippen molar-refractivity contribution in [3.8, 4) is 17.6 Å². The van der Waals surface area contributed by atoms with Crippen LogP contribution in [0.5, 0.6) is 11.5 Å². The average Bonchev–Trinajstić information content (AvgIpc) is 2.76. The molecule has 8 nitrogen and oxygen atoms in total. The lowest BCUT2D eigenvalue weighted by atomic mass is 10.2. The van der Waals surface area contributed by atoms with Crippen LogP contribution in [0.25, 0.3) is 0 Å². The molecule has 1 amide bonds. The second-order valence-electron chi connectivity index (χ2n) is 6.42. The number of hydrogen-bond acceptors (Lipinski definition) is 6. The summed E-state index contributed by atoms with van der Waals surface area (Å²) in [6, 6.07) is 21.0. The van der Waals surface area contributed by atoms with Crippen LogP contribution < -0.4 is 15.4 Å². The van der Waals surface area contributed by atoms with Gasteiger partial charge in [-0.1, -0.05) is 0 Å². The van der Waals surface area contributed by atoms with E-state index in [1.165, 1.54) is 24.3 Å². The third-order valence-electron chi connectivity index (χ3n) is 4.20. The SMILES string of the molecule is CC(Nc1ccc(Oc2ccc(C#N)cc2)cc1)C(=O)Nc1ccc([N+](=O)[O-])cc1. The van der Waals surface area contributed by atoms with Crippen molar-refractivity contribution in [1.82, 2.24) is 0 Å². The number of non-ortho nitro benzene ring substituents is 1. The van der Waals surface area contributed by atoms with E-state index in [0.29, 0.717) is 22.7 Å². The van der Waals surface area contributed by atoms with Crippen LogP contribution in [0.2, 0.25) is 0 Å². The van der Waals surface area contributed by atoms with E-state index in [-0.39, 0.29) is 11.6 Å². The Hall–Kier alpha value is -4.38. The molecule has 2 N–H and O–H groups in total. The minimum Gasteiger partial charge on any atom is -0.457 e. The van der Waals surface area contributed by atoms with E-state index in [2.05, 4.69) is 16.7 Å². The van der Waals surface area contributed by atoms with Crippen molar-refractivity contribution in [2.24, 2.45) is 0 Å². The van der Waals surface area contributed by atoms with Crippen molar-refractivity contribution in [2.75, 3.05) is 10.6 Å². The number of carbonyl (C=O) groups is 1. The lowest BCUT2D eigenvalue weighted by molar-refractivity contribution is -0.384. The van der Waals surface area contributed by atoms with Crippen molar-refractivity contribution >= 4 is 23.0 Å². The topological polar surface area (TPSA) is 117 Å². The van der Waals surface area contributed by atoms with Crippen LogP contribution in [0, 0.1) is 21.4 Å². The third-order valence-corrected chi connectivity index (χ3v) is 4.20. The summed E-state index contributed by atoms with van der Waals surface area (Å²) in [5, 5.41) is 25.3. The fourth-order valence-corrected chi connectivity index (χ4v) is 2.59. The molecule has 0 radical (unpaired) electrons. The molecular formula is C22H18N4O4. The number of nitro groups is 1. The van der Waals surface area contributed by atoms with E-state index in [0.717, 1.165) is 5.69 Å². The number of nitrogens with zero attached hydrogens (tertiary/aromatic N) is 2. The molecule has 0 fully saturated rings. The summed E-state index contributed by atoms with van der Waals surface area (Å²) in [5.41, 5.74) is 1.73. The zero-order valence-corrected chi connectivity index (χ0v) is 16.0. The van der Waals surface area contributed by atoms with Gasteiger partial charge in [-0.25, -0.2) is 0 Å². The fraction of sp³-hybridized carbons (Fsp3) is 0.0909. The first-order chi connectivity index (χ1) is 14.4. The molecule has 0 aliphatic heterocycles. The molecule has 0 aliphatic rings. The van der Waals surface area contributed by atoms with Crippen molar-refractivity contribution in [3.63, 3.8) is 0 Å². The summed E-state index contributed by atoms with van der Waals surface area (Å²) < 4.78 is 5.73. The number of nitrogens with one attached hydrogen (secondary N) is 2. The van der Waals surface area contributed by atoms with Crippen molar-refractivity contribution in [2.45, 2.75) is 13.0 Å². The molecule has 3 aromatic rings. The smallest absolute Gasteiger partial charge is 0.269 e. The van der Waals surface area contributed by atoms with Crippen molar-refractivity contribution < 1.29 is 14.5 Å². The average molecular weight is 402 g/mol. The molecule has 0 aromatic heterocycles. The normalized spacial score (nSPS) is 11.1. The monoisotopic (exact) mass is 402 g/mol. The molecule has 0 spiro atoms. The van der Waals surface area contributed by atoms with Gasteiger partial charge in [-0.3, -0.25) is 14.9 Å². The highest BCUT2D eigenvalue weighted by Gasteiger charge is 2.14. The maximum Gasteiger partial charge on any atom is 0.269 e. The summed E-state index contributed by atoms with van der Waals surface area (Å²) in [5.74, 6) is 0.959. The van der Waals surface area contributed by atoms with Crippen molar-refractivity contribution in [3.05, 3.63) is 88.5 Å². The fourth-order valence-electron chi connectivity index (χ4n) is 2.59. The highest BCUT2D eigenvalue weighted by atomic mass is 16.6. The van der Waals surface area contributed by atoms with Crippen molar-refractivity contribution in [1.29, 1.82) is 5.26 Å². The largest absolute Gasteiger partial charge is 0.457 e. The molecule has 3 rings (SSSR count). The standard InChI is InChI=1S/C22H18N4O4/c1-15(22(27)25-18-4-8-19(9-5-18)26(28)29)24-17-6-12-21(13-7-17)30-20-10-2-16(14-23)3-11-20/h2-13,15,24H,1H3,(H,25,27). The van der Waals surface area contributed by atoms with Gasteiger partial charge in [0.05, 0.1) is 16.6 Å². The number of amides is 1. The van der Waals surface area contributed by atoms with Crippen LogP contribution >= 0.6 is 0 Å². The second kappa shape index (κ2) is 9.21. The number of carbonyl (C=O) groups excluding carboxylic acids is 1. The van der Waals surface area contributed by atoms with E-state index in [4.69, 9.17) is 10.00 Å². The second-order valence-corrected chi connectivity index (χ2v) is 6.42. The highest BCUT2D eigenvalue weighted by Crippen LogP contribution is 2.24. The third kappa shape index (κ3) is 5.33. The number of hydrogen-bond donors (Lipinski definition) is 2. The van der Waals surface area contributed by atoms with Crippen LogP contribution in [0.4, 0.5) is 17.1 Å². The van der Waals surface area contributed by atoms with Crippen LogP contribution in [0.3, 0.4) is 0 Å². The zero-order chi connectivity index (χ0) is 21.5. The van der Waals surface area contributed by atoms with Gasteiger partial charge in [-0.05, 0) is 67.6 Å². The lowest BCUT2D eigenvalue weighted by Gasteiger charge is -2.15. The van der Waals surface area contributed by atoms with Gasteiger partial charge in [-0.15, -0.1) is 0 Å². The summed E-state index contributed by atoms with van der Waals surface area (Å²) in [4.78, 5) is 22.5. The Morgan fingerprint density at radius 3 is 2.03 bits per heavy atom. The first-order valence-corrected chi connectivity index (χ1v) is 9.04. The van der Waals surface area contributed by atoms with Crippen LogP contribution in [-0.4, -0.2) is 16.9 Å². The van der Waals surface area contributed by atoms with Crippen LogP contribution in [0.1, 0.15) is 12.5 Å². The summed E-state index contributed by atoms with van der Waals surface area (Å²) in [6.07, 6.45) is 0. The molecule has 30 heavy (non-hydrogen) atoms. The van der Waals surface area contributed by atoms with E-state index in [9.17, 15) is 14.9 Å². The molecule has 8 heteroatoms. The van der Waals surface area contributed by atoms with Gasteiger partial charge < -0.3 is 15.4 Å². The quantitative estimate of drug-likeness (QED) is 0.437. The Kier molecular flexibility index (Phi) is 6.25. The molecule has 150 valence electrons. The Labute approximate surface area is 172 Å². The lowest BCUT2D eigenvalue weighted by Crippen LogP contribution is -2.31. The molecule has 3 aromatic carbocycles. The molecular weight excluding hydrogens is 384 g/mol. The number of anilines is 2. The van der Waals surface area contributed by atoms with Crippen LogP contribution in [-0.2, 0) is 4.79 Å². The number of ether oxygens (including phenoxy) is 1. The maximum absolute atomic E-state index is 12.3. The van der Waals surface area contributed by atoms with Gasteiger partial charge >= 0.3 is 0 Å². The molecule has 0 saturated heterocycles. The Balaban J connectivity index is 1.55. The molecule has 0 bridgehead atoms. The minimum atomic E-state index is -0.537. The van der Waals surface area contributed by atoms with E-state index in [1.807, 2.05) is 0 Å². The Bertz CT molecular complexity index is 1070. The minimum absolute atomic E-state index is 0.0394. The van der Waals surface area contributed by atoms with E-state index >= 15 is 0 Å². The van der Waals surface area contributed by atoms with Gasteiger partial charge in [-0.2, -0.15) is 5.26 Å². The molecule has 0 heterocycles. The predicted molar refractivity (Wildman–Crippen MR) is 112 cm³/mol. The van der Waals surface area contributed by atoms with E-state index in [1.54, 1.807) is 55.5 Å². The predicted octanol–water partition coefficient (Wildman–Crippen LogP) is 4.70. The number of benzene rings is 3. The molecule has 1 atom stereocenters. The number of rotatable bonds is 7. The molecule has 0 aliphatic carbocycles. The number of nitro benzene ring substituents is 1. The van der Waals surface area contributed by atoms with Crippen LogP contribution in [0.15, 0.2) is 72.8 Å². The molecule has 1 unspecified atom stereocenters. The Morgan fingerprint density at radius 1 is 0.967 bits per heavy atom. The maximum atomic E-state index is 12.3. The van der Waals surface area contributed by atoms with Gasteiger partial charge in [0.25, 0.3) is 5.69 Å². The summed E-state index contributed by atoms with van der Waals surface area (Å²) in [7, 11) is 0. The zero-order valence-electron chi connectivity index (χ0n) is 16.0. The number of nitriles is 1. The Morgan fingerprint density at radius 2 is 1.50 bits per heavy atom. The summed E-state index contributed by atoms with van der Waals surface area (Å²) >= 11 is 0. The first-order valence-electron chi connectivity index (χ1n) is 9.04.